The maximum absolute atomic E-state index is 13.9. The van der Waals surface area contributed by atoms with Crippen LogP contribution in [0.5, 0.6) is 0 Å². The molecule has 1 N–H and O–H groups in total. The maximum Gasteiger partial charge on any atom is 0.289 e. The van der Waals surface area contributed by atoms with E-state index in [1.54, 1.807) is 29.2 Å². The van der Waals surface area contributed by atoms with Gasteiger partial charge in [-0.05, 0) is 37.3 Å². The van der Waals surface area contributed by atoms with Crippen LogP contribution in [0, 0.1) is 5.82 Å². The minimum Gasteiger partial charge on any atom is -0.459 e. The lowest BCUT2D eigenvalue weighted by Crippen LogP contribution is -2.53. The molecule has 0 atom stereocenters. The minimum absolute atomic E-state index is 0. The Morgan fingerprint density at radius 2 is 1.96 bits per heavy atom. The van der Waals surface area contributed by atoms with E-state index < -0.39 is 0 Å². The largest absolute Gasteiger partial charge is 0.459 e. The van der Waals surface area contributed by atoms with E-state index in [0.717, 1.165) is 10.4 Å². The van der Waals surface area contributed by atoms with Gasteiger partial charge < -0.3 is 19.5 Å². The van der Waals surface area contributed by atoms with E-state index in [9.17, 15) is 9.18 Å². The van der Waals surface area contributed by atoms with E-state index >= 15 is 0 Å². The smallest absolute Gasteiger partial charge is 0.289 e. The van der Waals surface area contributed by atoms with Gasteiger partial charge in [0.2, 0.25) is 0 Å². The number of piperazine rings is 1. The third-order valence-electron chi connectivity index (χ3n) is 4.34. The summed E-state index contributed by atoms with van der Waals surface area (Å²) in [5, 5.41) is 3.25. The van der Waals surface area contributed by atoms with Crippen molar-refractivity contribution in [1.29, 1.82) is 0 Å². The van der Waals surface area contributed by atoms with Crippen LogP contribution >= 0.6 is 39.9 Å². The van der Waals surface area contributed by atoms with Gasteiger partial charge in [-0.2, -0.15) is 0 Å². The van der Waals surface area contributed by atoms with Crippen molar-refractivity contribution < 1.29 is 13.6 Å². The van der Waals surface area contributed by atoms with Gasteiger partial charge in [-0.3, -0.25) is 4.79 Å². The number of amides is 1. The number of guanidine groups is 1. The molecule has 1 aliphatic heterocycles. The number of carbonyl (C=O) groups is 1. The zero-order chi connectivity index (χ0) is 19.2. The molecular weight excluding hydrogens is 542 g/mol. The third kappa shape index (κ3) is 5.69. The topological polar surface area (TPSA) is 61.1 Å². The van der Waals surface area contributed by atoms with Gasteiger partial charge in [0, 0.05) is 42.8 Å². The summed E-state index contributed by atoms with van der Waals surface area (Å²) in [6.45, 7) is 5.42. The molecule has 0 spiro atoms. The van der Waals surface area contributed by atoms with Crippen LogP contribution in [-0.2, 0) is 6.54 Å². The van der Waals surface area contributed by atoms with E-state index in [-0.39, 0.29) is 42.2 Å². The van der Waals surface area contributed by atoms with Gasteiger partial charge in [0.15, 0.2) is 11.7 Å². The molecule has 0 radical (unpaired) electrons. The summed E-state index contributed by atoms with van der Waals surface area (Å²) in [5.74, 6) is 0.709. The van der Waals surface area contributed by atoms with Crippen LogP contribution in [0.3, 0.4) is 0 Å². The number of hydrogen-bond donors (Lipinski definition) is 1. The van der Waals surface area contributed by atoms with Crippen molar-refractivity contribution in [3.05, 3.63) is 58.2 Å². The number of nitrogens with one attached hydrogen (secondary N) is 1. The fourth-order valence-corrected chi connectivity index (χ4v) is 3.34. The fourth-order valence-electron chi connectivity index (χ4n) is 2.93. The lowest BCUT2D eigenvalue weighted by molar-refractivity contribution is 0.0657. The van der Waals surface area contributed by atoms with Crippen LogP contribution in [0.15, 0.2) is 50.5 Å². The highest BCUT2D eigenvalue weighted by Gasteiger charge is 2.25. The van der Waals surface area contributed by atoms with Crippen LogP contribution in [0.2, 0.25) is 0 Å². The highest BCUT2D eigenvalue weighted by atomic mass is 127. The number of aliphatic imine (C=N–C) groups is 1. The first-order valence-electron chi connectivity index (χ1n) is 8.88. The Kier molecular flexibility index (Phi) is 8.74. The number of halogens is 3. The molecule has 2 aromatic rings. The van der Waals surface area contributed by atoms with Crippen molar-refractivity contribution in [3.63, 3.8) is 0 Å². The minimum atomic E-state index is -0.272. The summed E-state index contributed by atoms with van der Waals surface area (Å²) in [6, 6.07) is 8.22. The first-order valence-corrected chi connectivity index (χ1v) is 9.67. The van der Waals surface area contributed by atoms with Gasteiger partial charge in [-0.15, -0.1) is 24.0 Å². The standard InChI is InChI=1S/C19H22BrFN4O2.HI/c1-2-22-19(23-13-14-12-15(20)5-6-16(14)21)25-9-7-24(8-10-25)18(26)17-4-3-11-27-17;/h3-6,11-12H,2,7-10,13H2,1H3,(H,22,23);1H. The molecule has 2 heterocycles. The molecule has 28 heavy (non-hydrogen) atoms. The summed E-state index contributed by atoms with van der Waals surface area (Å²) in [7, 11) is 0. The summed E-state index contributed by atoms with van der Waals surface area (Å²) in [5.41, 5.74) is 0.534. The van der Waals surface area contributed by atoms with E-state index in [0.29, 0.717) is 44.0 Å². The Balaban J connectivity index is 0.00000280. The number of benzene rings is 1. The Hall–Kier alpha value is -1.62. The summed E-state index contributed by atoms with van der Waals surface area (Å²) < 4.78 is 20.0. The van der Waals surface area contributed by atoms with Crippen LogP contribution in [-0.4, -0.2) is 54.4 Å². The van der Waals surface area contributed by atoms with Gasteiger partial charge in [0.1, 0.15) is 5.82 Å². The maximum atomic E-state index is 13.9. The van der Waals surface area contributed by atoms with Crippen molar-refractivity contribution >= 4 is 51.8 Å². The molecule has 9 heteroatoms. The highest BCUT2D eigenvalue weighted by molar-refractivity contribution is 14.0. The third-order valence-corrected chi connectivity index (χ3v) is 4.83. The molecule has 3 rings (SSSR count). The zero-order valence-corrected chi connectivity index (χ0v) is 19.4. The monoisotopic (exact) mass is 564 g/mol. The SMILES string of the molecule is CCNC(=NCc1cc(Br)ccc1F)N1CCN(C(=O)c2ccco2)CC1.I. The number of furan rings is 1. The second-order valence-electron chi connectivity index (χ2n) is 6.16. The summed E-state index contributed by atoms with van der Waals surface area (Å²) in [6.07, 6.45) is 1.50. The average Bonchev–Trinajstić information content (AvgIpc) is 3.22. The molecule has 0 saturated carbocycles. The second-order valence-corrected chi connectivity index (χ2v) is 7.08. The average molecular weight is 565 g/mol. The molecular formula is C19H23BrFIN4O2. The molecule has 1 saturated heterocycles. The molecule has 0 unspecified atom stereocenters. The van der Waals surface area contributed by atoms with Crippen molar-refractivity contribution in [2.24, 2.45) is 4.99 Å². The fraction of sp³-hybridized carbons (Fsp3) is 0.368. The van der Waals surface area contributed by atoms with Crippen molar-refractivity contribution in [3.8, 4) is 0 Å². The van der Waals surface area contributed by atoms with E-state index in [2.05, 4.69) is 31.1 Å². The first-order chi connectivity index (χ1) is 13.1. The van der Waals surface area contributed by atoms with Gasteiger partial charge in [0.25, 0.3) is 5.91 Å². The predicted molar refractivity (Wildman–Crippen MR) is 121 cm³/mol. The van der Waals surface area contributed by atoms with E-state index in [1.807, 2.05) is 6.92 Å². The van der Waals surface area contributed by atoms with E-state index in [1.165, 1.54) is 12.3 Å². The lowest BCUT2D eigenvalue weighted by atomic mass is 10.2. The molecule has 1 aromatic heterocycles. The van der Waals surface area contributed by atoms with Crippen molar-refractivity contribution in [1.82, 2.24) is 15.1 Å². The number of rotatable bonds is 4. The quantitative estimate of drug-likeness (QED) is 0.349. The van der Waals surface area contributed by atoms with Crippen LogP contribution in [0.25, 0.3) is 0 Å². The zero-order valence-electron chi connectivity index (χ0n) is 15.5. The highest BCUT2D eigenvalue weighted by Crippen LogP contribution is 2.17. The van der Waals surface area contributed by atoms with Gasteiger partial charge in [0.05, 0.1) is 12.8 Å². The van der Waals surface area contributed by atoms with E-state index in [4.69, 9.17) is 4.42 Å². The Morgan fingerprint density at radius 1 is 1.25 bits per heavy atom. The molecule has 6 nitrogen and oxygen atoms in total. The Labute approximate surface area is 189 Å². The molecule has 1 aromatic carbocycles. The number of nitrogens with zero attached hydrogens (tertiary/aromatic N) is 3. The van der Waals surface area contributed by atoms with Crippen LogP contribution < -0.4 is 5.32 Å². The number of hydrogen-bond acceptors (Lipinski definition) is 3. The second kappa shape index (κ2) is 10.8. The van der Waals surface area contributed by atoms with Gasteiger partial charge in [-0.1, -0.05) is 15.9 Å². The summed E-state index contributed by atoms with van der Waals surface area (Å²) in [4.78, 5) is 20.8. The lowest BCUT2D eigenvalue weighted by Gasteiger charge is -2.36. The van der Waals surface area contributed by atoms with Crippen LogP contribution in [0.1, 0.15) is 23.0 Å². The van der Waals surface area contributed by atoms with Gasteiger partial charge in [-0.25, -0.2) is 9.38 Å². The van der Waals surface area contributed by atoms with Crippen molar-refractivity contribution in [2.45, 2.75) is 13.5 Å². The number of carbonyl (C=O) groups excluding carboxylic acids is 1. The molecule has 0 bridgehead atoms. The predicted octanol–water partition coefficient (Wildman–Crippen LogP) is 3.72. The van der Waals surface area contributed by atoms with Crippen LogP contribution in [0.4, 0.5) is 4.39 Å². The molecule has 1 amide bonds. The first kappa shape index (κ1) is 22.7. The molecule has 1 fully saturated rings. The molecule has 152 valence electrons. The normalized spacial score (nSPS) is 14.6. The summed E-state index contributed by atoms with van der Waals surface area (Å²) >= 11 is 3.36. The Morgan fingerprint density at radius 3 is 2.61 bits per heavy atom. The molecule has 0 aliphatic carbocycles. The Bertz CT molecular complexity index is 808. The molecule has 1 aliphatic rings. The van der Waals surface area contributed by atoms with Crippen molar-refractivity contribution in [2.75, 3.05) is 32.7 Å². The van der Waals surface area contributed by atoms with Gasteiger partial charge >= 0.3 is 0 Å².